The van der Waals surface area contributed by atoms with E-state index < -0.39 is 0 Å². The topological polar surface area (TPSA) is 0 Å². The van der Waals surface area contributed by atoms with Gasteiger partial charge in [0.15, 0.2) is 0 Å². The summed E-state index contributed by atoms with van der Waals surface area (Å²) in [7, 11) is 0. The lowest BCUT2D eigenvalue weighted by Gasteiger charge is -2.23. The number of allylic oxidation sites excluding steroid dienone is 5. The first-order chi connectivity index (χ1) is 31.0. The van der Waals surface area contributed by atoms with Crippen molar-refractivity contribution in [3.63, 3.8) is 0 Å². The molecule has 1 heteroatoms. The van der Waals surface area contributed by atoms with Crippen molar-refractivity contribution >= 4 is 48.7 Å². The summed E-state index contributed by atoms with van der Waals surface area (Å²) in [6, 6.07) is 55.6. The minimum Gasteiger partial charge on any atom is -0.135 e. The summed E-state index contributed by atoms with van der Waals surface area (Å²) in [5.41, 5.74) is 20.3. The van der Waals surface area contributed by atoms with Crippen molar-refractivity contribution < 1.29 is 0 Å². The molecule has 0 aliphatic heterocycles. The van der Waals surface area contributed by atoms with E-state index in [0.29, 0.717) is 5.92 Å². The second-order valence-corrected chi connectivity index (χ2v) is 19.0. The van der Waals surface area contributed by atoms with Crippen LogP contribution in [0.15, 0.2) is 170 Å². The Morgan fingerprint density at radius 1 is 0.641 bits per heavy atom. The Bertz CT molecular complexity index is 2940. The van der Waals surface area contributed by atoms with Crippen LogP contribution >= 0.6 is 11.3 Å². The van der Waals surface area contributed by atoms with Gasteiger partial charge < -0.3 is 0 Å². The van der Waals surface area contributed by atoms with Crippen molar-refractivity contribution in [3.05, 3.63) is 220 Å². The van der Waals surface area contributed by atoms with Gasteiger partial charge in [-0.25, -0.2) is 0 Å². The molecule has 0 bridgehead atoms. The summed E-state index contributed by atoms with van der Waals surface area (Å²) in [4.78, 5) is 0. The Morgan fingerprint density at radius 2 is 1.31 bits per heavy atom. The van der Waals surface area contributed by atoms with Gasteiger partial charge in [0.25, 0.3) is 0 Å². The largest absolute Gasteiger partial charge is 0.135 e. The summed E-state index contributed by atoms with van der Waals surface area (Å²) in [5, 5.41) is 2.86. The summed E-state index contributed by atoms with van der Waals surface area (Å²) in [6.07, 6.45) is 12.5. The molecule has 64 heavy (non-hydrogen) atoms. The standard InChI is InChI=1S/C39H42.C22H18S.C2H6/c1-6-12-38(27-36-16-11-10-13-30(36)4)39-20-18-31(5)37(28-39)26-25-33(19-17-29(2)3)35-23-21-34(22-24-35)32-14-8-7-9-15-32;1-13-8-9-14-15-10-11-19-20(16-6-4-5-7-18(16)23-19)21(15)22(2,3)17(14)12-13;1-2/h7-11,13-25,27-29H,6,12,26H2,1-5H3;4-12H,1-3H3;1-2H3/b19-17-,33-25+,38-27+;;. The van der Waals surface area contributed by atoms with E-state index in [-0.39, 0.29) is 5.41 Å². The first-order valence-corrected chi connectivity index (χ1v) is 24.3. The van der Waals surface area contributed by atoms with Crippen LogP contribution in [-0.4, -0.2) is 0 Å². The van der Waals surface area contributed by atoms with E-state index in [0.717, 1.165) is 19.3 Å². The number of benzene rings is 7. The Hall–Kier alpha value is -6.02. The molecule has 0 fully saturated rings. The molecule has 0 saturated carbocycles. The number of fused-ring (bicyclic) bond motifs is 7. The molecule has 0 nitrogen and oxygen atoms in total. The van der Waals surface area contributed by atoms with E-state index in [4.69, 9.17) is 0 Å². The van der Waals surface area contributed by atoms with Crippen LogP contribution in [0.1, 0.15) is 111 Å². The monoisotopic (exact) mass is 854 g/mol. The highest BCUT2D eigenvalue weighted by Crippen LogP contribution is 2.54. The van der Waals surface area contributed by atoms with Gasteiger partial charge in [-0.1, -0.05) is 224 Å². The first-order valence-electron chi connectivity index (χ1n) is 23.5. The molecular formula is C63H66S. The van der Waals surface area contributed by atoms with E-state index in [1.807, 2.05) is 25.2 Å². The molecule has 0 N–H and O–H groups in total. The molecule has 0 spiro atoms. The van der Waals surface area contributed by atoms with E-state index in [1.54, 1.807) is 0 Å². The van der Waals surface area contributed by atoms with Crippen molar-refractivity contribution in [2.45, 2.75) is 93.9 Å². The van der Waals surface area contributed by atoms with Gasteiger partial charge in [-0.2, -0.15) is 0 Å². The average molecular weight is 855 g/mol. The SMILES string of the molecule is CC.CCC/C(=C\c1ccccc1C)c1ccc(C)c(C/C=C(\C=C/C(C)C)c2ccc(-c3ccccc3)cc2)c1.Cc1ccc2c(c1)C(C)(C)c1c-2ccc2sc3ccccc3c12. The van der Waals surface area contributed by atoms with Crippen molar-refractivity contribution in [1.29, 1.82) is 0 Å². The van der Waals surface area contributed by atoms with Gasteiger partial charge in [-0.3, -0.25) is 0 Å². The third kappa shape index (κ3) is 10.0. The van der Waals surface area contributed by atoms with Crippen molar-refractivity contribution in [1.82, 2.24) is 0 Å². The number of aryl methyl sites for hydroxylation is 3. The fourth-order valence-corrected chi connectivity index (χ4v) is 10.2. The fraction of sp³-hybridized carbons (Fsp3) is 0.238. The highest BCUT2D eigenvalue weighted by molar-refractivity contribution is 7.25. The smallest absolute Gasteiger partial charge is 0.0358 e. The van der Waals surface area contributed by atoms with Crippen molar-refractivity contribution in [2.75, 3.05) is 0 Å². The molecule has 1 aliphatic carbocycles. The van der Waals surface area contributed by atoms with Crippen LogP contribution in [0, 0.1) is 26.7 Å². The number of rotatable bonds is 10. The minimum atomic E-state index is 0.0556. The van der Waals surface area contributed by atoms with Gasteiger partial charge in [0.05, 0.1) is 0 Å². The second kappa shape index (κ2) is 20.7. The third-order valence-corrected chi connectivity index (χ3v) is 13.7. The summed E-state index contributed by atoms with van der Waals surface area (Å²) >= 11 is 1.91. The van der Waals surface area contributed by atoms with Crippen LogP contribution in [0.5, 0.6) is 0 Å². The van der Waals surface area contributed by atoms with E-state index in [1.165, 1.54) is 104 Å². The first kappa shape index (κ1) is 46.0. The fourth-order valence-electron chi connectivity index (χ4n) is 9.12. The van der Waals surface area contributed by atoms with Crippen LogP contribution in [0.4, 0.5) is 0 Å². The zero-order valence-electron chi connectivity index (χ0n) is 39.9. The van der Waals surface area contributed by atoms with Crippen LogP contribution in [0.3, 0.4) is 0 Å². The summed E-state index contributed by atoms with van der Waals surface area (Å²) in [5.74, 6) is 0.505. The van der Waals surface area contributed by atoms with Gasteiger partial charge in [0, 0.05) is 25.6 Å². The van der Waals surface area contributed by atoms with Crippen LogP contribution in [0.2, 0.25) is 0 Å². The molecule has 0 radical (unpaired) electrons. The highest BCUT2D eigenvalue weighted by atomic mass is 32.1. The van der Waals surface area contributed by atoms with E-state index in [9.17, 15) is 0 Å². The van der Waals surface area contributed by atoms with Crippen LogP contribution < -0.4 is 0 Å². The molecule has 7 aromatic carbocycles. The van der Waals surface area contributed by atoms with Crippen molar-refractivity contribution in [2.24, 2.45) is 5.92 Å². The molecule has 0 amide bonds. The predicted octanol–water partition coefficient (Wildman–Crippen LogP) is 18.8. The van der Waals surface area contributed by atoms with Gasteiger partial charge in [0.2, 0.25) is 0 Å². The lowest BCUT2D eigenvalue weighted by Crippen LogP contribution is -2.15. The Kier molecular flexibility index (Phi) is 14.8. The lowest BCUT2D eigenvalue weighted by molar-refractivity contribution is 0.666. The summed E-state index contributed by atoms with van der Waals surface area (Å²) < 4.78 is 2.79. The maximum Gasteiger partial charge on any atom is 0.0358 e. The Balaban J connectivity index is 0.000000206. The van der Waals surface area contributed by atoms with Gasteiger partial charge in [-0.05, 0) is 130 Å². The van der Waals surface area contributed by atoms with Crippen molar-refractivity contribution in [3.8, 4) is 22.3 Å². The maximum atomic E-state index is 2.41. The lowest BCUT2D eigenvalue weighted by atomic mass is 9.80. The quantitative estimate of drug-likeness (QED) is 0.0950. The molecule has 8 aromatic rings. The minimum absolute atomic E-state index is 0.0556. The van der Waals surface area contributed by atoms with Crippen LogP contribution in [0.25, 0.3) is 59.6 Å². The molecule has 324 valence electrons. The predicted molar refractivity (Wildman–Crippen MR) is 286 cm³/mol. The molecular weight excluding hydrogens is 789 g/mol. The molecule has 1 aromatic heterocycles. The molecule has 9 rings (SSSR count). The van der Waals surface area contributed by atoms with Gasteiger partial charge in [0.1, 0.15) is 0 Å². The average Bonchev–Trinajstić information content (AvgIpc) is 3.80. The maximum absolute atomic E-state index is 2.41. The third-order valence-electron chi connectivity index (χ3n) is 12.6. The van der Waals surface area contributed by atoms with Gasteiger partial charge >= 0.3 is 0 Å². The van der Waals surface area contributed by atoms with Gasteiger partial charge in [-0.15, -0.1) is 11.3 Å². The molecule has 0 atom stereocenters. The second-order valence-electron chi connectivity index (χ2n) is 18.0. The van der Waals surface area contributed by atoms with Crippen LogP contribution in [-0.2, 0) is 11.8 Å². The zero-order valence-corrected chi connectivity index (χ0v) is 40.7. The van der Waals surface area contributed by atoms with E-state index >= 15 is 0 Å². The zero-order chi connectivity index (χ0) is 45.4. The molecule has 1 heterocycles. The Labute approximate surface area is 388 Å². The highest BCUT2D eigenvalue weighted by Gasteiger charge is 2.37. The normalized spacial score (nSPS) is 13.1. The Morgan fingerprint density at radius 3 is 2.05 bits per heavy atom. The molecule has 0 saturated heterocycles. The number of hydrogen-bond donors (Lipinski definition) is 0. The number of thiophene rings is 1. The van der Waals surface area contributed by atoms with E-state index in [2.05, 4.69) is 231 Å². The number of hydrogen-bond acceptors (Lipinski definition) is 1. The summed E-state index contributed by atoms with van der Waals surface area (Å²) in [6.45, 7) is 22.1. The molecule has 1 aliphatic rings. The molecule has 0 unspecified atom stereocenters.